The second-order valence-corrected chi connectivity index (χ2v) is 11.3. The third-order valence-corrected chi connectivity index (χ3v) is 9.07. The Balaban J connectivity index is 1.49. The van der Waals surface area contributed by atoms with E-state index >= 15 is 0 Å². The second kappa shape index (κ2) is 9.08. The summed E-state index contributed by atoms with van der Waals surface area (Å²) < 4.78 is 2.41. The van der Waals surface area contributed by atoms with Crippen LogP contribution in [0, 0.1) is 0 Å². The maximum absolute atomic E-state index is 10.4. The number of thiophene rings is 1. The molecule has 1 aromatic heterocycles. The van der Waals surface area contributed by atoms with Gasteiger partial charge in [0.2, 0.25) is 0 Å². The van der Waals surface area contributed by atoms with E-state index in [0.29, 0.717) is 5.75 Å². The number of phenols is 1. The quantitative estimate of drug-likeness (QED) is 0.226. The van der Waals surface area contributed by atoms with Gasteiger partial charge in [-0.15, -0.1) is 11.3 Å². The summed E-state index contributed by atoms with van der Waals surface area (Å²) in [4.78, 5) is 0. The van der Waals surface area contributed by atoms with Crippen molar-refractivity contribution in [2.75, 3.05) is 0 Å². The molecule has 1 nitrogen and oxygen atoms in total. The minimum atomic E-state index is 0.297. The summed E-state index contributed by atoms with van der Waals surface area (Å²) in [5.41, 5.74) is 7.34. The van der Waals surface area contributed by atoms with Crippen LogP contribution < -0.4 is 0 Å². The monoisotopic (exact) mass is 528 g/mol. The van der Waals surface area contributed by atoms with Gasteiger partial charge in [-0.1, -0.05) is 109 Å². The third kappa shape index (κ3) is 3.54. The van der Waals surface area contributed by atoms with Gasteiger partial charge in [-0.05, 0) is 85.3 Å². The first-order chi connectivity index (χ1) is 19.8. The van der Waals surface area contributed by atoms with Crippen molar-refractivity contribution in [1.29, 1.82) is 0 Å². The van der Waals surface area contributed by atoms with Crippen molar-refractivity contribution < 1.29 is 5.11 Å². The van der Waals surface area contributed by atoms with Crippen LogP contribution in [0.4, 0.5) is 0 Å². The Bertz CT molecular complexity index is 2170. The van der Waals surface area contributed by atoms with E-state index in [1.807, 2.05) is 12.1 Å². The van der Waals surface area contributed by atoms with E-state index in [4.69, 9.17) is 0 Å². The van der Waals surface area contributed by atoms with Crippen LogP contribution in [-0.2, 0) is 0 Å². The Morgan fingerprint density at radius 3 is 1.73 bits per heavy atom. The molecule has 8 aromatic rings. The van der Waals surface area contributed by atoms with Crippen molar-refractivity contribution in [2.45, 2.75) is 0 Å². The summed E-state index contributed by atoms with van der Waals surface area (Å²) in [5, 5.41) is 17.6. The Labute approximate surface area is 236 Å². The van der Waals surface area contributed by atoms with E-state index in [1.54, 1.807) is 17.4 Å². The van der Waals surface area contributed by atoms with Crippen LogP contribution in [-0.4, -0.2) is 5.11 Å². The van der Waals surface area contributed by atoms with Gasteiger partial charge in [-0.2, -0.15) is 0 Å². The molecule has 0 radical (unpaired) electrons. The fraction of sp³-hybridized carbons (Fsp3) is 0. The van der Waals surface area contributed by atoms with Gasteiger partial charge in [0.25, 0.3) is 0 Å². The first-order valence-corrected chi connectivity index (χ1v) is 14.3. The molecule has 8 rings (SSSR count). The number of aromatic hydroxyl groups is 1. The average Bonchev–Trinajstić information content (AvgIpc) is 3.38. The lowest BCUT2D eigenvalue weighted by Gasteiger charge is -2.19. The Morgan fingerprint density at radius 2 is 1.00 bits per heavy atom. The van der Waals surface area contributed by atoms with E-state index in [2.05, 4.69) is 121 Å². The highest BCUT2D eigenvalue weighted by molar-refractivity contribution is 7.26. The topological polar surface area (TPSA) is 20.2 Å². The van der Waals surface area contributed by atoms with Gasteiger partial charge in [0.05, 0.1) is 0 Å². The Hall–Kier alpha value is -4.92. The molecule has 40 heavy (non-hydrogen) atoms. The zero-order chi connectivity index (χ0) is 26.6. The van der Waals surface area contributed by atoms with Crippen LogP contribution >= 0.6 is 11.3 Å². The molecule has 0 aliphatic carbocycles. The second-order valence-electron chi connectivity index (χ2n) is 10.2. The largest absolute Gasteiger partial charge is 0.508 e. The summed E-state index contributed by atoms with van der Waals surface area (Å²) in [6.45, 7) is 0. The molecule has 0 spiro atoms. The van der Waals surface area contributed by atoms with E-state index < -0.39 is 0 Å². The third-order valence-electron chi connectivity index (χ3n) is 7.94. The fourth-order valence-electron chi connectivity index (χ4n) is 6.24. The molecular weight excluding hydrogens is 504 g/mol. The molecule has 0 atom stereocenters. The van der Waals surface area contributed by atoms with Crippen LogP contribution in [0.25, 0.3) is 75.1 Å². The molecule has 0 fully saturated rings. The van der Waals surface area contributed by atoms with E-state index in [1.165, 1.54) is 69.7 Å². The van der Waals surface area contributed by atoms with E-state index in [9.17, 15) is 5.11 Å². The van der Waals surface area contributed by atoms with Crippen molar-refractivity contribution in [3.63, 3.8) is 0 Å². The van der Waals surface area contributed by atoms with Crippen LogP contribution in [0.5, 0.6) is 5.75 Å². The van der Waals surface area contributed by atoms with Crippen molar-refractivity contribution in [3.8, 4) is 39.1 Å². The molecule has 0 saturated heterocycles. The highest BCUT2D eigenvalue weighted by atomic mass is 32.1. The molecule has 0 aliphatic rings. The standard InChI is InChI=1S/C38H24OS/c39-27-20-21-34-33(23-27)38-32(18-9-19-35(38)40-34)37-30-16-6-4-14-28(30)36(29-15-5-7-17-31(29)37)26-13-8-12-25(22-26)24-10-2-1-3-11-24/h1-23,39H. The molecule has 188 valence electrons. The van der Waals surface area contributed by atoms with Gasteiger partial charge in [0.15, 0.2) is 0 Å². The predicted octanol–water partition coefficient (Wildman–Crippen LogP) is 11.1. The average molecular weight is 529 g/mol. The van der Waals surface area contributed by atoms with Gasteiger partial charge in [-0.25, -0.2) is 0 Å². The molecule has 0 aliphatic heterocycles. The summed E-state index contributed by atoms with van der Waals surface area (Å²) in [5.74, 6) is 0.297. The minimum Gasteiger partial charge on any atom is -0.508 e. The molecule has 0 bridgehead atoms. The number of fused-ring (bicyclic) bond motifs is 5. The number of phenolic OH excluding ortho intramolecular Hbond substituents is 1. The first kappa shape index (κ1) is 23.0. The van der Waals surface area contributed by atoms with Gasteiger partial charge in [0.1, 0.15) is 5.75 Å². The Kier molecular flexibility index (Phi) is 5.22. The van der Waals surface area contributed by atoms with Crippen molar-refractivity contribution in [1.82, 2.24) is 0 Å². The maximum Gasteiger partial charge on any atom is 0.116 e. The van der Waals surface area contributed by atoms with Crippen LogP contribution in [0.3, 0.4) is 0 Å². The molecule has 7 aromatic carbocycles. The summed E-state index contributed by atoms with van der Waals surface area (Å²) in [6, 6.07) is 49.4. The van der Waals surface area contributed by atoms with Crippen molar-refractivity contribution >= 4 is 53.1 Å². The first-order valence-electron chi connectivity index (χ1n) is 13.5. The molecule has 1 heterocycles. The van der Waals surface area contributed by atoms with Crippen molar-refractivity contribution in [3.05, 3.63) is 140 Å². The lowest BCUT2D eigenvalue weighted by Crippen LogP contribution is -1.91. The molecule has 2 heteroatoms. The van der Waals surface area contributed by atoms with Gasteiger partial charge < -0.3 is 5.11 Å². The summed E-state index contributed by atoms with van der Waals surface area (Å²) >= 11 is 1.78. The number of benzene rings is 7. The van der Waals surface area contributed by atoms with E-state index in [-0.39, 0.29) is 0 Å². The van der Waals surface area contributed by atoms with Crippen LogP contribution in [0.2, 0.25) is 0 Å². The SMILES string of the molecule is Oc1ccc2sc3cccc(-c4c5ccccc5c(-c5cccc(-c6ccccc6)c5)c5ccccc45)c3c2c1. The van der Waals surface area contributed by atoms with E-state index in [0.717, 1.165) is 5.39 Å². The summed E-state index contributed by atoms with van der Waals surface area (Å²) in [7, 11) is 0. The zero-order valence-corrected chi connectivity index (χ0v) is 22.5. The minimum absolute atomic E-state index is 0.297. The summed E-state index contributed by atoms with van der Waals surface area (Å²) in [6.07, 6.45) is 0. The zero-order valence-electron chi connectivity index (χ0n) is 21.6. The lowest BCUT2D eigenvalue weighted by atomic mass is 9.84. The number of hydrogen-bond donors (Lipinski definition) is 1. The van der Waals surface area contributed by atoms with Gasteiger partial charge in [0, 0.05) is 20.2 Å². The number of hydrogen-bond acceptors (Lipinski definition) is 2. The van der Waals surface area contributed by atoms with Gasteiger partial charge in [-0.3, -0.25) is 0 Å². The van der Waals surface area contributed by atoms with Crippen LogP contribution in [0.15, 0.2) is 140 Å². The van der Waals surface area contributed by atoms with Gasteiger partial charge >= 0.3 is 0 Å². The molecule has 0 saturated carbocycles. The molecule has 1 N–H and O–H groups in total. The molecular formula is C38H24OS. The molecule has 0 unspecified atom stereocenters. The smallest absolute Gasteiger partial charge is 0.116 e. The predicted molar refractivity (Wildman–Crippen MR) is 172 cm³/mol. The van der Waals surface area contributed by atoms with Crippen LogP contribution in [0.1, 0.15) is 0 Å². The van der Waals surface area contributed by atoms with Crippen molar-refractivity contribution in [2.24, 2.45) is 0 Å². The molecule has 0 amide bonds. The lowest BCUT2D eigenvalue weighted by molar-refractivity contribution is 0.476. The maximum atomic E-state index is 10.4. The normalized spacial score (nSPS) is 11.6. The number of rotatable bonds is 3. The Morgan fingerprint density at radius 1 is 0.400 bits per heavy atom. The fourth-order valence-corrected chi connectivity index (χ4v) is 7.35. The highest BCUT2D eigenvalue weighted by Crippen LogP contribution is 2.48. The highest BCUT2D eigenvalue weighted by Gasteiger charge is 2.19.